The monoisotopic (exact) mass is 413 g/mol. The molecule has 1 aliphatic rings. The minimum absolute atomic E-state index is 0.185. The number of anilines is 1. The van der Waals surface area contributed by atoms with E-state index in [1.54, 1.807) is 50.4 Å². The molecule has 0 unspecified atom stereocenters. The highest BCUT2D eigenvalue weighted by atomic mass is 16.5. The molecule has 0 aliphatic carbocycles. The molecule has 30 heavy (non-hydrogen) atoms. The van der Waals surface area contributed by atoms with Crippen molar-refractivity contribution >= 4 is 23.7 Å². The molecule has 2 aromatic rings. The maximum atomic E-state index is 12.7. The molecule has 1 aromatic heterocycles. The van der Waals surface area contributed by atoms with Gasteiger partial charge in [0.25, 0.3) is 0 Å². The minimum atomic E-state index is -0.603. The number of amides is 2. The van der Waals surface area contributed by atoms with Gasteiger partial charge in [0.1, 0.15) is 12.4 Å². The zero-order valence-corrected chi connectivity index (χ0v) is 16.7. The molecule has 9 heteroatoms. The van der Waals surface area contributed by atoms with Crippen molar-refractivity contribution < 1.29 is 28.3 Å². The van der Waals surface area contributed by atoms with Crippen molar-refractivity contribution in [2.24, 2.45) is 0 Å². The molecular formula is C21H23N3O6. The molecular weight excluding hydrogens is 390 g/mol. The fourth-order valence-corrected chi connectivity index (χ4v) is 3.02. The molecule has 2 amide bonds. The molecule has 1 aromatic carbocycles. The Kier molecular flexibility index (Phi) is 6.74. The van der Waals surface area contributed by atoms with Crippen molar-refractivity contribution in [3.63, 3.8) is 0 Å². The summed E-state index contributed by atoms with van der Waals surface area (Å²) in [6, 6.07) is 9.41. The van der Waals surface area contributed by atoms with Gasteiger partial charge >= 0.3 is 18.0 Å². The highest BCUT2D eigenvalue weighted by molar-refractivity contribution is 5.97. The third-order valence-electron chi connectivity index (χ3n) is 4.39. The molecule has 2 heterocycles. The summed E-state index contributed by atoms with van der Waals surface area (Å²) in [6.45, 7) is 3.64. The fraction of sp³-hybridized carbons (Fsp3) is 0.286. The van der Waals surface area contributed by atoms with E-state index in [4.69, 9.17) is 13.9 Å². The molecule has 3 N–H and O–H groups in total. The summed E-state index contributed by atoms with van der Waals surface area (Å²) >= 11 is 0. The number of benzene rings is 1. The second kappa shape index (κ2) is 9.64. The lowest BCUT2D eigenvalue weighted by atomic mass is 10.0. The Morgan fingerprint density at radius 1 is 1.13 bits per heavy atom. The van der Waals surface area contributed by atoms with Crippen molar-refractivity contribution in [1.82, 2.24) is 10.6 Å². The van der Waals surface area contributed by atoms with Crippen LogP contribution in [0.2, 0.25) is 0 Å². The summed E-state index contributed by atoms with van der Waals surface area (Å²) < 4.78 is 15.7. The summed E-state index contributed by atoms with van der Waals surface area (Å²) in [5.41, 5.74) is 1.30. The number of furan rings is 1. The molecule has 0 saturated carbocycles. The number of para-hydroxylation sites is 1. The number of carbonyl (C=O) groups excluding carboxylic acids is 3. The van der Waals surface area contributed by atoms with Gasteiger partial charge in [-0.3, -0.25) is 0 Å². The van der Waals surface area contributed by atoms with E-state index in [2.05, 4.69) is 16.0 Å². The van der Waals surface area contributed by atoms with Gasteiger partial charge in [0.05, 0.1) is 42.3 Å². The summed E-state index contributed by atoms with van der Waals surface area (Å²) in [4.78, 5) is 36.8. The topological polar surface area (TPSA) is 119 Å². The van der Waals surface area contributed by atoms with Crippen LogP contribution in [0.25, 0.3) is 0 Å². The maximum Gasteiger partial charge on any atom is 0.340 e. The predicted molar refractivity (Wildman–Crippen MR) is 108 cm³/mol. The first kappa shape index (κ1) is 21.0. The van der Waals surface area contributed by atoms with Gasteiger partial charge in [-0.15, -0.1) is 0 Å². The van der Waals surface area contributed by atoms with E-state index >= 15 is 0 Å². The van der Waals surface area contributed by atoms with Gasteiger partial charge in [-0.05, 0) is 38.1 Å². The highest BCUT2D eigenvalue weighted by Crippen LogP contribution is 2.19. The molecule has 0 saturated heterocycles. The molecule has 3 rings (SSSR count). The molecule has 158 valence electrons. The maximum absolute atomic E-state index is 12.7. The minimum Gasteiger partial charge on any atom is -0.467 e. The van der Waals surface area contributed by atoms with Gasteiger partial charge < -0.3 is 29.8 Å². The van der Waals surface area contributed by atoms with Gasteiger partial charge in [-0.1, -0.05) is 12.1 Å². The average Bonchev–Trinajstić information content (AvgIpc) is 3.24. The Bertz CT molecular complexity index is 951. The second-order valence-corrected chi connectivity index (χ2v) is 6.49. The first-order valence-electron chi connectivity index (χ1n) is 9.49. The van der Waals surface area contributed by atoms with E-state index in [1.807, 2.05) is 6.07 Å². The van der Waals surface area contributed by atoms with E-state index in [-0.39, 0.29) is 24.5 Å². The van der Waals surface area contributed by atoms with E-state index in [9.17, 15) is 14.4 Å². The normalized spacial score (nSPS) is 15.8. The SMILES string of the molecule is CCOC(=O)C1=C(COC(=O)c2ccccc2NCc2ccco2)NC(=O)N[C@@H]1C. The van der Waals surface area contributed by atoms with Crippen LogP contribution < -0.4 is 16.0 Å². The number of rotatable bonds is 8. The summed E-state index contributed by atoms with van der Waals surface area (Å²) in [5, 5.41) is 8.25. The lowest BCUT2D eigenvalue weighted by Gasteiger charge is -2.26. The number of ether oxygens (including phenoxy) is 2. The number of urea groups is 1. The van der Waals surface area contributed by atoms with Crippen LogP contribution >= 0.6 is 0 Å². The Hall–Kier alpha value is -3.75. The van der Waals surface area contributed by atoms with Crippen LogP contribution in [0, 0.1) is 0 Å². The van der Waals surface area contributed by atoms with E-state index in [0.717, 1.165) is 0 Å². The van der Waals surface area contributed by atoms with Crippen molar-refractivity contribution in [2.75, 3.05) is 18.5 Å². The zero-order valence-electron chi connectivity index (χ0n) is 16.7. The average molecular weight is 413 g/mol. The van der Waals surface area contributed by atoms with Crippen molar-refractivity contribution in [3.8, 4) is 0 Å². The van der Waals surface area contributed by atoms with Crippen LogP contribution in [0.1, 0.15) is 30.0 Å². The standard InChI is InChI=1S/C21H23N3O6/c1-3-28-20(26)18-13(2)23-21(27)24-17(18)12-30-19(25)15-8-4-5-9-16(15)22-11-14-7-6-10-29-14/h4-10,13,22H,3,11-12H2,1-2H3,(H2,23,24,27)/t13-/m1/s1. The summed E-state index contributed by atoms with van der Waals surface area (Å²) in [7, 11) is 0. The quantitative estimate of drug-likeness (QED) is 0.569. The Balaban J connectivity index is 1.73. The molecule has 1 aliphatic heterocycles. The Labute approximate surface area is 173 Å². The van der Waals surface area contributed by atoms with Crippen LogP contribution in [0.4, 0.5) is 10.5 Å². The van der Waals surface area contributed by atoms with Crippen LogP contribution in [-0.4, -0.2) is 37.2 Å². The molecule has 0 radical (unpaired) electrons. The largest absolute Gasteiger partial charge is 0.467 e. The van der Waals surface area contributed by atoms with Crippen LogP contribution in [-0.2, 0) is 20.8 Å². The fourth-order valence-electron chi connectivity index (χ4n) is 3.02. The number of carbonyl (C=O) groups is 3. The van der Waals surface area contributed by atoms with Crippen molar-refractivity contribution in [1.29, 1.82) is 0 Å². The molecule has 0 spiro atoms. The number of esters is 2. The summed E-state index contributed by atoms with van der Waals surface area (Å²) in [6.07, 6.45) is 1.57. The second-order valence-electron chi connectivity index (χ2n) is 6.49. The number of hydrogen-bond acceptors (Lipinski definition) is 7. The molecule has 9 nitrogen and oxygen atoms in total. The molecule has 0 fully saturated rings. The molecule has 1 atom stereocenters. The van der Waals surface area contributed by atoms with E-state index < -0.39 is 24.0 Å². The van der Waals surface area contributed by atoms with Crippen LogP contribution in [0.5, 0.6) is 0 Å². The lowest BCUT2D eigenvalue weighted by Crippen LogP contribution is -2.50. The smallest absolute Gasteiger partial charge is 0.340 e. The molecule has 0 bridgehead atoms. The lowest BCUT2D eigenvalue weighted by molar-refractivity contribution is -0.139. The van der Waals surface area contributed by atoms with Crippen molar-refractivity contribution in [2.45, 2.75) is 26.4 Å². The predicted octanol–water partition coefficient (Wildman–Crippen LogP) is 2.57. The van der Waals surface area contributed by atoms with Gasteiger partial charge in [-0.25, -0.2) is 14.4 Å². The van der Waals surface area contributed by atoms with Gasteiger partial charge in [0.2, 0.25) is 0 Å². The van der Waals surface area contributed by atoms with E-state index in [0.29, 0.717) is 23.6 Å². The first-order valence-corrected chi connectivity index (χ1v) is 9.49. The Morgan fingerprint density at radius 3 is 2.67 bits per heavy atom. The Morgan fingerprint density at radius 2 is 1.93 bits per heavy atom. The van der Waals surface area contributed by atoms with Gasteiger partial charge in [0.15, 0.2) is 0 Å². The number of nitrogens with one attached hydrogen (secondary N) is 3. The zero-order chi connectivity index (χ0) is 21.5. The van der Waals surface area contributed by atoms with E-state index in [1.165, 1.54) is 0 Å². The summed E-state index contributed by atoms with van der Waals surface area (Å²) in [5.74, 6) is -0.466. The third-order valence-corrected chi connectivity index (χ3v) is 4.39. The van der Waals surface area contributed by atoms with Crippen LogP contribution in [0.15, 0.2) is 58.3 Å². The van der Waals surface area contributed by atoms with Crippen molar-refractivity contribution in [3.05, 3.63) is 65.3 Å². The van der Waals surface area contributed by atoms with Gasteiger partial charge in [-0.2, -0.15) is 0 Å². The third kappa shape index (κ3) is 4.99. The number of hydrogen-bond donors (Lipinski definition) is 3. The highest BCUT2D eigenvalue weighted by Gasteiger charge is 2.30. The first-order chi connectivity index (χ1) is 14.5. The van der Waals surface area contributed by atoms with Gasteiger partial charge in [0, 0.05) is 5.69 Å². The van der Waals surface area contributed by atoms with Crippen LogP contribution in [0.3, 0.4) is 0 Å².